The van der Waals surface area contributed by atoms with Crippen molar-refractivity contribution in [3.8, 4) is 0 Å². The van der Waals surface area contributed by atoms with Gasteiger partial charge in [-0.15, -0.1) is 0 Å². The number of carbonyl (C=O) groups is 2. The van der Waals surface area contributed by atoms with Gasteiger partial charge in [-0.2, -0.15) is 0 Å². The molecule has 3 aliphatic rings. The maximum absolute atomic E-state index is 13.1. The number of nitrogens with zero attached hydrogens (tertiary/aromatic N) is 2. The highest BCUT2D eigenvalue weighted by Gasteiger charge is 2.60. The summed E-state index contributed by atoms with van der Waals surface area (Å²) in [6.45, 7) is 4.53. The Hall–Kier alpha value is -1.84. The van der Waals surface area contributed by atoms with E-state index in [1.165, 1.54) is 12.0 Å². The lowest BCUT2D eigenvalue weighted by Crippen LogP contribution is -2.49. The summed E-state index contributed by atoms with van der Waals surface area (Å²) in [7, 11) is 0. The van der Waals surface area contributed by atoms with E-state index in [0.29, 0.717) is 25.3 Å². The van der Waals surface area contributed by atoms with Crippen molar-refractivity contribution in [2.75, 3.05) is 24.5 Å². The standard InChI is InChI=1S/C19H24N2O2/c1-14-5-4-11-20(13-14)17(22)19(9-10-19)18(23)21-12-8-15-6-2-3-7-16(15)21/h2-3,6-7,14H,4-5,8-13H2,1H3. The minimum atomic E-state index is -0.755. The summed E-state index contributed by atoms with van der Waals surface area (Å²) < 4.78 is 0. The van der Waals surface area contributed by atoms with E-state index in [9.17, 15) is 9.59 Å². The molecule has 0 aromatic heterocycles. The Morgan fingerprint density at radius 3 is 2.65 bits per heavy atom. The summed E-state index contributed by atoms with van der Waals surface area (Å²) in [5.41, 5.74) is 1.47. The number of hydrogen-bond donors (Lipinski definition) is 0. The lowest BCUT2D eigenvalue weighted by molar-refractivity contribution is -0.144. The van der Waals surface area contributed by atoms with Gasteiger partial charge in [-0.3, -0.25) is 9.59 Å². The lowest BCUT2D eigenvalue weighted by Gasteiger charge is -2.34. The Labute approximate surface area is 137 Å². The zero-order valence-electron chi connectivity index (χ0n) is 13.8. The minimum absolute atomic E-state index is 0.0330. The second-order valence-corrected chi connectivity index (χ2v) is 7.42. The Kier molecular flexibility index (Phi) is 3.43. The van der Waals surface area contributed by atoms with Crippen LogP contribution < -0.4 is 4.90 Å². The molecule has 1 aromatic rings. The Balaban J connectivity index is 1.55. The number of hydrogen-bond acceptors (Lipinski definition) is 2. The molecule has 0 spiro atoms. The van der Waals surface area contributed by atoms with Gasteiger partial charge in [-0.25, -0.2) is 0 Å². The molecule has 0 bridgehead atoms. The third kappa shape index (κ3) is 2.35. The van der Waals surface area contributed by atoms with E-state index in [0.717, 1.165) is 31.6 Å². The topological polar surface area (TPSA) is 40.6 Å². The average molecular weight is 312 g/mol. The molecule has 4 nitrogen and oxygen atoms in total. The molecule has 0 N–H and O–H groups in total. The van der Waals surface area contributed by atoms with E-state index >= 15 is 0 Å². The van der Waals surface area contributed by atoms with Crippen molar-refractivity contribution < 1.29 is 9.59 Å². The summed E-state index contributed by atoms with van der Waals surface area (Å²) in [5, 5.41) is 0. The third-order valence-electron chi connectivity index (χ3n) is 5.65. The van der Waals surface area contributed by atoms with Crippen LogP contribution in [0, 0.1) is 11.3 Å². The molecule has 2 aliphatic heterocycles. The first-order valence-corrected chi connectivity index (χ1v) is 8.81. The number of rotatable bonds is 2. The van der Waals surface area contributed by atoms with Gasteiger partial charge in [-0.1, -0.05) is 25.1 Å². The summed E-state index contributed by atoms with van der Waals surface area (Å²) >= 11 is 0. The van der Waals surface area contributed by atoms with Gasteiger partial charge < -0.3 is 9.80 Å². The van der Waals surface area contributed by atoms with Crippen molar-refractivity contribution in [3.05, 3.63) is 29.8 Å². The normalized spacial score (nSPS) is 25.2. The van der Waals surface area contributed by atoms with Gasteiger partial charge in [0.2, 0.25) is 11.8 Å². The van der Waals surface area contributed by atoms with E-state index < -0.39 is 5.41 Å². The van der Waals surface area contributed by atoms with Crippen molar-refractivity contribution in [2.24, 2.45) is 11.3 Å². The fraction of sp³-hybridized carbons (Fsp3) is 0.579. The van der Waals surface area contributed by atoms with Crippen molar-refractivity contribution in [1.82, 2.24) is 4.90 Å². The van der Waals surface area contributed by atoms with Gasteiger partial charge in [0, 0.05) is 25.3 Å². The summed E-state index contributed by atoms with van der Waals surface area (Å²) in [4.78, 5) is 30.0. The molecule has 23 heavy (non-hydrogen) atoms. The first-order valence-electron chi connectivity index (χ1n) is 8.81. The number of fused-ring (bicyclic) bond motifs is 1. The number of amides is 2. The van der Waals surface area contributed by atoms with Crippen molar-refractivity contribution in [3.63, 3.8) is 0 Å². The summed E-state index contributed by atoms with van der Waals surface area (Å²) in [5.74, 6) is 0.662. The minimum Gasteiger partial charge on any atom is -0.342 e. The molecule has 1 saturated heterocycles. The fourth-order valence-corrected chi connectivity index (χ4v) is 4.13. The van der Waals surface area contributed by atoms with Crippen LogP contribution in [0.3, 0.4) is 0 Å². The van der Waals surface area contributed by atoms with Crippen LogP contribution in [-0.2, 0) is 16.0 Å². The monoisotopic (exact) mass is 312 g/mol. The van der Waals surface area contributed by atoms with Crippen LogP contribution in [0.5, 0.6) is 0 Å². The molecule has 2 heterocycles. The van der Waals surface area contributed by atoms with E-state index in [4.69, 9.17) is 0 Å². The van der Waals surface area contributed by atoms with Gasteiger partial charge in [0.25, 0.3) is 0 Å². The number of carbonyl (C=O) groups excluding carboxylic acids is 2. The zero-order valence-corrected chi connectivity index (χ0v) is 13.8. The van der Waals surface area contributed by atoms with Gasteiger partial charge in [0.15, 0.2) is 0 Å². The second-order valence-electron chi connectivity index (χ2n) is 7.42. The molecule has 2 amide bonds. The van der Waals surface area contributed by atoms with Crippen LogP contribution in [0.1, 0.15) is 38.2 Å². The molecule has 1 aromatic carbocycles. The van der Waals surface area contributed by atoms with Crippen molar-refractivity contribution in [1.29, 1.82) is 0 Å². The second kappa shape index (κ2) is 5.36. The predicted octanol–water partition coefficient (Wildman–Crippen LogP) is 2.61. The van der Waals surface area contributed by atoms with Gasteiger partial charge in [0.1, 0.15) is 5.41 Å². The number of piperidine rings is 1. The molecule has 1 aliphatic carbocycles. The highest BCUT2D eigenvalue weighted by molar-refractivity contribution is 6.14. The first-order chi connectivity index (χ1) is 11.1. The summed E-state index contributed by atoms with van der Waals surface area (Å²) in [6.07, 6.45) is 4.57. The molecular formula is C19H24N2O2. The Morgan fingerprint density at radius 1 is 1.13 bits per heavy atom. The molecule has 4 rings (SSSR count). The largest absolute Gasteiger partial charge is 0.342 e. The fourth-order valence-electron chi connectivity index (χ4n) is 4.13. The van der Waals surface area contributed by atoms with E-state index in [1.54, 1.807) is 0 Å². The smallest absolute Gasteiger partial charge is 0.242 e. The third-order valence-corrected chi connectivity index (χ3v) is 5.65. The lowest BCUT2D eigenvalue weighted by atomic mass is 9.96. The van der Waals surface area contributed by atoms with E-state index in [1.807, 2.05) is 28.0 Å². The molecule has 1 atom stereocenters. The number of anilines is 1. The molecule has 122 valence electrons. The van der Waals surface area contributed by atoms with E-state index in [2.05, 4.69) is 13.0 Å². The summed E-state index contributed by atoms with van der Waals surface area (Å²) in [6, 6.07) is 8.07. The van der Waals surface area contributed by atoms with E-state index in [-0.39, 0.29) is 11.8 Å². The van der Waals surface area contributed by atoms with Crippen LogP contribution in [0.25, 0.3) is 0 Å². The Bertz CT molecular complexity index is 651. The van der Waals surface area contributed by atoms with Crippen molar-refractivity contribution in [2.45, 2.75) is 39.0 Å². The first kappa shape index (κ1) is 14.7. The zero-order chi connectivity index (χ0) is 16.0. The van der Waals surface area contributed by atoms with Crippen LogP contribution in [0.15, 0.2) is 24.3 Å². The number of likely N-dealkylation sites (tertiary alicyclic amines) is 1. The van der Waals surface area contributed by atoms with Crippen LogP contribution in [0.2, 0.25) is 0 Å². The van der Waals surface area contributed by atoms with Crippen LogP contribution >= 0.6 is 0 Å². The van der Waals surface area contributed by atoms with Gasteiger partial charge in [-0.05, 0) is 49.7 Å². The van der Waals surface area contributed by atoms with Crippen LogP contribution in [-0.4, -0.2) is 36.3 Å². The maximum Gasteiger partial charge on any atom is 0.242 e. The highest BCUT2D eigenvalue weighted by Crippen LogP contribution is 2.50. The molecule has 1 saturated carbocycles. The molecular weight excluding hydrogens is 288 g/mol. The molecule has 2 fully saturated rings. The molecule has 4 heteroatoms. The number of para-hydroxylation sites is 1. The Morgan fingerprint density at radius 2 is 1.91 bits per heavy atom. The molecule has 0 radical (unpaired) electrons. The number of benzene rings is 1. The quantitative estimate of drug-likeness (QED) is 0.788. The highest BCUT2D eigenvalue weighted by atomic mass is 16.2. The average Bonchev–Trinajstić information content (AvgIpc) is 3.27. The SMILES string of the molecule is CC1CCCN(C(=O)C2(C(=O)N3CCc4ccccc43)CC2)C1. The van der Waals surface area contributed by atoms with Gasteiger partial charge >= 0.3 is 0 Å². The molecule has 1 unspecified atom stereocenters. The maximum atomic E-state index is 13.1. The van der Waals surface area contributed by atoms with Crippen molar-refractivity contribution >= 4 is 17.5 Å². The predicted molar refractivity (Wildman–Crippen MR) is 89.1 cm³/mol. The van der Waals surface area contributed by atoms with Gasteiger partial charge in [0.05, 0.1) is 0 Å². The van der Waals surface area contributed by atoms with Crippen LogP contribution in [0.4, 0.5) is 5.69 Å².